The fraction of sp³-hybridized carbons (Fsp3) is 0.423. The number of amides is 3. The number of aliphatic hydroxyl groups excluding tert-OH is 1. The van der Waals surface area contributed by atoms with Crippen LogP contribution < -0.4 is 16.0 Å². The SMILES string of the molecule is CC(C)Cc1ccc(NC(=O)CC(O)C(=O)NCCCCNC(=O)OCc2ccccc2)cc1. The van der Waals surface area contributed by atoms with Gasteiger partial charge in [0.15, 0.2) is 0 Å². The molecule has 1 atom stereocenters. The van der Waals surface area contributed by atoms with Crippen LogP contribution in [0.1, 0.15) is 44.2 Å². The van der Waals surface area contributed by atoms with Crippen molar-refractivity contribution in [3.8, 4) is 0 Å². The van der Waals surface area contributed by atoms with E-state index >= 15 is 0 Å². The van der Waals surface area contributed by atoms with E-state index in [0.717, 1.165) is 12.0 Å². The van der Waals surface area contributed by atoms with Gasteiger partial charge in [-0.3, -0.25) is 9.59 Å². The zero-order valence-electron chi connectivity index (χ0n) is 19.9. The van der Waals surface area contributed by atoms with Crippen molar-refractivity contribution in [1.82, 2.24) is 10.6 Å². The Morgan fingerprint density at radius 2 is 1.53 bits per heavy atom. The van der Waals surface area contributed by atoms with Crippen molar-refractivity contribution >= 4 is 23.6 Å². The normalized spacial score (nSPS) is 11.5. The van der Waals surface area contributed by atoms with Crippen molar-refractivity contribution in [2.45, 2.75) is 52.2 Å². The highest BCUT2D eigenvalue weighted by atomic mass is 16.5. The molecule has 0 saturated carbocycles. The second kappa shape index (κ2) is 14.7. The van der Waals surface area contributed by atoms with Crippen LogP contribution in [0.2, 0.25) is 0 Å². The van der Waals surface area contributed by atoms with Crippen LogP contribution >= 0.6 is 0 Å². The third-order valence-corrected chi connectivity index (χ3v) is 4.95. The average molecular weight is 470 g/mol. The molecule has 0 aliphatic carbocycles. The molecule has 0 fully saturated rings. The molecule has 1 unspecified atom stereocenters. The molecule has 34 heavy (non-hydrogen) atoms. The molecular formula is C26H35N3O5. The van der Waals surface area contributed by atoms with Gasteiger partial charge in [0.25, 0.3) is 0 Å². The summed E-state index contributed by atoms with van der Waals surface area (Å²) in [6.45, 7) is 5.23. The smallest absolute Gasteiger partial charge is 0.407 e. The van der Waals surface area contributed by atoms with Gasteiger partial charge in [-0.15, -0.1) is 0 Å². The first-order valence-corrected chi connectivity index (χ1v) is 11.6. The second-order valence-electron chi connectivity index (χ2n) is 8.55. The van der Waals surface area contributed by atoms with Gasteiger partial charge < -0.3 is 25.8 Å². The quantitative estimate of drug-likeness (QED) is 0.336. The minimum Gasteiger partial charge on any atom is -0.445 e. The van der Waals surface area contributed by atoms with Gasteiger partial charge >= 0.3 is 6.09 Å². The van der Waals surface area contributed by atoms with E-state index in [9.17, 15) is 19.5 Å². The molecule has 2 aromatic rings. The number of hydrogen-bond donors (Lipinski definition) is 4. The lowest BCUT2D eigenvalue weighted by molar-refractivity contribution is -0.133. The van der Waals surface area contributed by atoms with Gasteiger partial charge in [0, 0.05) is 18.8 Å². The molecule has 3 amide bonds. The molecule has 0 aliphatic heterocycles. The zero-order valence-corrected chi connectivity index (χ0v) is 19.9. The van der Waals surface area contributed by atoms with Crippen LogP contribution in [0.5, 0.6) is 0 Å². The number of ether oxygens (including phenoxy) is 1. The Balaban J connectivity index is 1.54. The van der Waals surface area contributed by atoms with E-state index in [1.165, 1.54) is 5.56 Å². The molecule has 0 heterocycles. The Labute approximate surface area is 201 Å². The van der Waals surface area contributed by atoms with E-state index in [2.05, 4.69) is 29.8 Å². The summed E-state index contributed by atoms with van der Waals surface area (Å²) in [6, 6.07) is 16.9. The molecule has 8 heteroatoms. The van der Waals surface area contributed by atoms with Gasteiger partial charge in [-0.2, -0.15) is 0 Å². The molecule has 8 nitrogen and oxygen atoms in total. The maximum absolute atomic E-state index is 12.1. The van der Waals surface area contributed by atoms with Crippen LogP contribution in [-0.4, -0.2) is 42.2 Å². The van der Waals surface area contributed by atoms with Gasteiger partial charge in [0.05, 0.1) is 6.42 Å². The van der Waals surface area contributed by atoms with Gasteiger partial charge in [0.2, 0.25) is 11.8 Å². The standard InChI is InChI=1S/C26H35N3O5/c1-19(2)16-20-10-12-22(13-11-20)29-24(31)17-23(30)25(32)27-14-6-7-15-28-26(33)34-18-21-8-4-3-5-9-21/h3-5,8-13,19,23,30H,6-7,14-18H2,1-2H3,(H,27,32)(H,28,33)(H,29,31). The Morgan fingerprint density at radius 3 is 2.18 bits per heavy atom. The molecule has 2 aromatic carbocycles. The van der Waals surface area contributed by atoms with Crippen molar-refractivity contribution in [1.29, 1.82) is 0 Å². The van der Waals surface area contributed by atoms with Crippen molar-refractivity contribution in [2.75, 3.05) is 18.4 Å². The van der Waals surface area contributed by atoms with Crippen molar-refractivity contribution < 1.29 is 24.2 Å². The monoisotopic (exact) mass is 469 g/mol. The Hall–Kier alpha value is -3.39. The number of aliphatic hydroxyl groups is 1. The van der Waals surface area contributed by atoms with Crippen LogP contribution in [0.3, 0.4) is 0 Å². The van der Waals surface area contributed by atoms with E-state index in [1.807, 2.05) is 54.6 Å². The van der Waals surface area contributed by atoms with E-state index in [1.54, 1.807) is 0 Å². The number of hydrogen-bond acceptors (Lipinski definition) is 5. The zero-order chi connectivity index (χ0) is 24.8. The summed E-state index contributed by atoms with van der Waals surface area (Å²) < 4.78 is 5.11. The Bertz CT molecular complexity index is 900. The van der Waals surface area contributed by atoms with Crippen LogP contribution in [0.25, 0.3) is 0 Å². The second-order valence-corrected chi connectivity index (χ2v) is 8.55. The number of carbonyl (C=O) groups excluding carboxylic acids is 3. The minimum atomic E-state index is -1.42. The molecule has 0 radical (unpaired) electrons. The molecule has 0 spiro atoms. The van der Waals surface area contributed by atoms with Gasteiger partial charge in [-0.05, 0) is 48.4 Å². The highest BCUT2D eigenvalue weighted by Gasteiger charge is 2.18. The molecule has 184 valence electrons. The summed E-state index contributed by atoms with van der Waals surface area (Å²) in [5.74, 6) is -0.484. The van der Waals surface area contributed by atoms with Crippen LogP contribution in [0.4, 0.5) is 10.5 Å². The highest BCUT2D eigenvalue weighted by molar-refractivity contribution is 5.94. The summed E-state index contributed by atoms with van der Waals surface area (Å²) in [5.41, 5.74) is 2.72. The lowest BCUT2D eigenvalue weighted by Crippen LogP contribution is -2.37. The molecule has 4 N–H and O–H groups in total. The molecule has 0 aliphatic rings. The lowest BCUT2D eigenvalue weighted by atomic mass is 10.0. The summed E-state index contributed by atoms with van der Waals surface area (Å²) in [7, 11) is 0. The number of anilines is 1. The van der Waals surface area contributed by atoms with Crippen molar-refractivity contribution in [3.63, 3.8) is 0 Å². The largest absolute Gasteiger partial charge is 0.445 e. The van der Waals surface area contributed by atoms with E-state index in [0.29, 0.717) is 37.5 Å². The number of benzene rings is 2. The number of unbranched alkanes of at least 4 members (excludes halogenated alkanes) is 1. The highest BCUT2D eigenvalue weighted by Crippen LogP contribution is 2.13. The topological polar surface area (TPSA) is 117 Å². The van der Waals surface area contributed by atoms with Gasteiger partial charge in [0.1, 0.15) is 12.7 Å². The molecule has 0 aromatic heterocycles. The first-order valence-electron chi connectivity index (χ1n) is 11.6. The first kappa shape index (κ1) is 26.9. The Kier molecular flexibility index (Phi) is 11.6. The van der Waals surface area contributed by atoms with Gasteiger partial charge in [-0.25, -0.2) is 4.79 Å². The average Bonchev–Trinajstić information content (AvgIpc) is 2.81. The third-order valence-electron chi connectivity index (χ3n) is 4.95. The fourth-order valence-electron chi connectivity index (χ4n) is 3.22. The van der Waals surface area contributed by atoms with Crippen LogP contribution in [-0.2, 0) is 27.4 Å². The van der Waals surface area contributed by atoms with Crippen LogP contribution in [0, 0.1) is 5.92 Å². The number of nitrogens with one attached hydrogen (secondary N) is 3. The first-order chi connectivity index (χ1) is 16.3. The maximum atomic E-state index is 12.1. The van der Waals surface area contributed by atoms with E-state index in [-0.39, 0.29) is 13.0 Å². The predicted octanol–water partition coefficient (Wildman–Crippen LogP) is 3.40. The number of carbonyl (C=O) groups is 3. The van der Waals surface area contributed by atoms with E-state index < -0.39 is 24.0 Å². The Morgan fingerprint density at radius 1 is 0.882 bits per heavy atom. The van der Waals surface area contributed by atoms with Crippen molar-refractivity contribution in [2.24, 2.45) is 5.92 Å². The molecule has 2 rings (SSSR count). The maximum Gasteiger partial charge on any atom is 0.407 e. The summed E-state index contributed by atoms with van der Waals surface area (Å²) in [4.78, 5) is 35.8. The predicted molar refractivity (Wildman–Crippen MR) is 131 cm³/mol. The lowest BCUT2D eigenvalue weighted by Gasteiger charge is -2.12. The summed E-state index contributed by atoms with van der Waals surface area (Å²) in [5, 5.41) is 17.9. The summed E-state index contributed by atoms with van der Waals surface area (Å²) >= 11 is 0. The molecular weight excluding hydrogens is 434 g/mol. The number of rotatable bonds is 13. The minimum absolute atomic E-state index is 0.206. The fourth-order valence-corrected chi connectivity index (χ4v) is 3.22. The van der Waals surface area contributed by atoms with Crippen LogP contribution in [0.15, 0.2) is 54.6 Å². The number of alkyl carbamates (subject to hydrolysis) is 1. The van der Waals surface area contributed by atoms with E-state index in [4.69, 9.17) is 4.74 Å². The molecule has 0 bridgehead atoms. The third kappa shape index (κ3) is 11.0. The molecule has 0 saturated heterocycles. The van der Waals surface area contributed by atoms with Crippen molar-refractivity contribution in [3.05, 3.63) is 65.7 Å². The summed E-state index contributed by atoms with van der Waals surface area (Å²) in [6.07, 6.45) is -0.0537. The van der Waals surface area contributed by atoms with Gasteiger partial charge in [-0.1, -0.05) is 56.3 Å².